The van der Waals surface area contributed by atoms with Crippen LogP contribution < -0.4 is 24.4 Å². The molecule has 4 N–H and O–H groups in total. The van der Waals surface area contributed by atoms with Crippen LogP contribution in [0.25, 0.3) is 0 Å². The first-order chi connectivity index (χ1) is 9.00. The molecular weight excluding hydrogens is 300 g/mol. The zero-order valence-corrected chi connectivity index (χ0v) is 10.7. The number of benzene rings is 1. The van der Waals surface area contributed by atoms with Gasteiger partial charge in [0.25, 0.3) is 5.69 Å². The molecule has 0 bridgehead atoms. The molecule has 0 aliphatic rings. The average molecular weight is 311 g/mol. The smallest absolute Gasteiger partial charge is 0.309 e. The lowest BCUT2D eigenvalue weighted by Gasteiger charge is -2.17. The summed E-state index contributed by atoms with van der Waals surface area (Å²) in [6.45, 7) is 0. The monoisotopic (exact) mass is 310 g/mol. The van der Waals surface area contributed by atoms with Gasteiger partial charge in [0, 0.05) is 17.7 Å². The van der Waals surface area contributed by atoms with Crippen molar-refractivity contribution in [3.05, 3.63) is 39.9 Å². The fourth-order valence-corrected chi connectivity index (χ4v) is 1.22. The Morgan fingerprint density at radius 2 is 1.85 bits per heavy atom. The summed E-state index contributed by atoms with van der Waals surface area (Å²) in [5, 5.41) is 19.0. The molecule has 0 aliphatic carbocycles. The lowest BCUT2D eigenvalue weighted by Crippen LogP contribution is -2.68. The summed E-state index contributed by atoms with van der Waals surface area (Å²) in [7, 11) is -4.94. The quantitative estimate of drug-likeness (QED) is 0.409. The summed E-state index contributed by atoms with van der Waals surface area (Å²) in [6, 6.07) is 5.39. The molecule has 0 saturated heterocycles. The van der Waals surface area contributed by atoms with Crippen LogP contribution in [0.4, 0.5) is 5.69 Å². The Labute approximate surface area is 114 Å². The van der Waals surface area contributed by atoms with Crippen LogP contribution in [-0.2, 0) is 4.79 Å². The largest absolute Gasteiger partial charge is 0.481 e. The van der Waals surface area contributed by atoms with E-state index in [0.29, 0.717) is 5.56 Å². The number of nitro groups is 1. The molecule has 10 nitrogen and oxygen atoms in total. The highest BCUT2D eigenvalue weighted by atomic mass is 35.7. The molecule has 0 aromatic heterocycles. The van der Waals surface area contributed by atoms with Crippen LogP contribution in [-0.4, -0.2) is 16.0 Å². The van der Waals surface area contributed by atoms with Crippen molar-refractivity contribution in [1.29, 1.82) is 0 Å². The standard InChI is InChI=1S/C9H10N2O4.ClHO4/c10-8(5-9(12)13)6-2-1-3-7(4-6)11(14)15;2-1(3,4)5/h1-4,8H,5,10H2,(H,12,13);(H,2,3,4,5)/t8-;/m1./s1. The molecule has 11 heteroatoms. The lowest BCUT2D eigenvalue weighted by atomic mass is 10.0. The molecule has 0 aliphatic heterocycles. The third-order valence-electron chi connectivity index (χ3n) is 1.97. The average Bonchev–Trinajstić information content (AvgIpc) is 2.26. The van der Waals surface area contributed by atoms with Crippen LogP contribution in [0.2, 0.25) is 0 Å². The van der Waals surface area contributed by atoms with Crippen LogP contribution in [0.5, 0.6) is 0 Å². The summed E-state index contributed by atoms with van der Waals surface area (Å²) in [5.41, 5.74) is 4.16. The Bertz CT molecular complexity index is 469. The van der Waals surface area contributed by atoms with Gasteiger partial charge in [-0.05, 0) is 0 Å². The first-order valence-corrected chi connectivity index (χ1v) is 6.15. The Kier molecular flexibility index (Phi) is 6.99. The van der Waals surface area contributed by atoms with Gasteiger partial charge in [-0.25, -0.2) is 18.6 Å². The number of hydrogen-bond acceptors (Lipinski definition) is 7. The highest BCUT2D eigenvalue weighted by molar-refractivity contribution is 5.67. The minimum absolute atomic E-state index is 0.0495. The topological polar surface area (TPSA) is 200 Å². The highest BCUT2D eigenvalue weighted by Gasteiger charge is 2.16. The normalized spacial score (nSPS) is 12.1. The van der Waals surface area contributed by atoms with Crippen LogP contribution in [0, 0.1) is 20.4 Å². The maximum absolute atomic E-state index is 10.5. The van der Waals surface area contributed by atoms with Gasteiger partial charge in [0.15, 0.2) is 0 Å². The van der Waals surface area contributed by atoms with Crippen molar-refractivity contribution in [2.24, 2.45) is 0 Å². The van der Waals surface area contributed by atoms with Gasteiger partial charge < -0.3 is 10.8 Å². The van der Waals surface area contributed by atoms with E-state index in [1.807, 2.05) is 0 Å². The van der Waals surface area contributed by atoms with E-state index in [0.717, 1.165) is 0 Å². The van der Waals surface area contributed by atoms with E-state index in [9.17, 15) is 14.9 Å². The number of non-ortho nitro benzene ring substituents is 1. The molecule has 1 aromatic carbocycles. The molecule has 0 amide bonds. The number of carboxylic acids is 1. The van der Waals surface area contributed by atoms with E-state index in [1.54, 1.807) is 6.07 Å². The number of halogens is 1. The molecule has 0 radical (unpaired) electrons. The molecule has 0 spiro atoms. The molecule has 0 unspecified atom stereocenters. The molecule has 1 aromatic rings. The second-order valence-electron chi connectivity index (χ2n) is 3.52. The van der Waals surface area contributed by atoms with Gasteiger partial charge in [0.1, 0.15) is 12.5 Å². The van der Waals surface area contributed by atoms with E-state index in [-0.39, 0.29) is 12.1 Å². The Morgan fingerprint density at radius 3 is 2.25 bits per heavy atom. The molecular formula is C9H11ClN2O8. The molecule has 0 saturated carbocycles. The molecule has 1 atom stereocenters. The van der Waals surface area contributed by atoms with Crippen molar-refractivity contribution in [3.63, 3.8) is 0 Å². The number of carboxylic acid groups (broad SMARTS) is 1. The summed E-state index contributed by atoms with van der Waals surface area (Å²) in [6.07, 6.45) is -0.138. The van der Waals surface area contributed by atoms with Gasteiger partial charge in [-0.15, -0.1) is 10.2 Å². The van der Waals surface area contributed by atoms with E-state index in [2.05, 4.69) is 5.73 Å². The highest BCUT2D eigenvalue weighted by Crippen LogP contribution is 2.18. The maximum Gasteiger partial charge on any atom is 0.309 e. The molecule has 20 heavy (non-hydrogen) atoms. The molecule has 1 rings (SSSR count). The third-order valence-corrected chi connectivity index (χ3v) is 1.97. The van der Waals surface area contributed by atoms with E-state index >= 15 is 0 Å². The number of quaternary nitrogens is 1. The van der Waals surface area contributed by atoms with Crippen LogP contribution in [0.1, 0.15) is 18.0 Å². The minimum atomic E-state index is -4.94. The van der Waals surface area contributed by atoms with E-state index in [1.165, 1.54) is 18.2 Å². The number of hydrogen-bond donors (Lipinski definition) is 2. The van der Waals surface area contributed by atoms with Gasteiger partial charge in [-0.1, -0.05) is 12.1 Å². The van der Waals surface area contributed by atoms with Crippen molar-refractivity contribution >= 4 is 11.7 Å². The molecule has 0 heterocycles. The number of aliphatic carboxylic acids is 1. The number of carbonyl (C=O) groups is 1. The zero-order valence-electron chi connectivity index (χ0n) is 9.93. The lowest BCUT2D eigenvalue weighted by molar-refractivity contribution is -2.00. The van der Waals surface area contributed by atoms with Gasteiger partial charge in [-0.2, -0.15) is 0 Å². The zero-order chi connectivity index (χ0) is 15.9. The number of nitrogens with zero attached hydrogens (tertiary/aromatic N) is 1. The Hall–Kier alpha value is -1.82. The fraction of sp³-hybridized carbons (Fsp3) is 0.222. The van der Waals surface area contributed by atoms with E-state index in [4.69, 9.17) is 23.7 Å². The minimum Gasteiger partial charge on any atom is -0.481 e. The van der Waals surface area contributed by atoms with Crippen molar-refractivity contribution in [1.82, 2.24) is 0 Å². The fourth-order valence-electron chi connectivity index (χ4n) is 1.22. The third kappa shape index (κ3) is 9.16. The number of rotatable bonds is 4. The summed E-state index contributed by atoms with van der Waals surface area (Å²) in [4.78, 5) is 20.4. The molecule has 112 valence electrons. The van der Waals surface area contributed by atoms with Crippen LogP contribution in [0.15, 0.2) is 24.3 Å². The van der Waals surface area contributed by atoms with Gasteiger partial charge in [-0.3, -0.25) is 14.9 Å². The van der Waals surface area contributed by atoms with Crippen molar-refractivity contribution in [2.45, 2.75) is 12.5 Å². The first kappa shape index (κ1) is 18.2. The Balaban J connectivity index is 0.000000621. The van der Waals surface area contributed by atoms with Crippen LogP contribution >= 0.6 is 0 Å². The second-order valence-corrected chi connectivity index (χ2v) is 4.28. The maximum atomic E-state index is 10.5. The summed E-state index contributed by atoms with van der Waals surface area (Å²) < 4.78 is 34.0. The van der Waals surface area contributed by atoms with Crippen LogP contribution in [0.3, 0.4) is 0 Å². The van der Waals surface area contributed by atoms with Gasteiger partial charge >= 0.3 is 5.97 Å². The van der Waals surface area contributed by atoms with Crippen molar-refractivity contribution < 1.29 is 49.4 Å². The molecule has 0 fully saturated rings. The van der Waals surface area contributed by atoms with Crippen molar-refractivity contribution in [2.75, 3.05) is 0 Å². The second kappa shape index (κ2) is 7.69. The first-order valence-electron chi connectivity index (χ1n) is 4.91. The predicted octanol–water partition coefficient (Wildman–Crippen LogP) is -4.40. The SMILES string of the molecule is [NH3+][C@H](CC(=O)O)c1cccc([N+](=O)[O-])c1.[O-][Cl+3]([O-])([O-])[O-]. The van der Waals surface area contributed by atoms with Gasteiger partial charge in [0.2, 0.25) is 0 Å². The van der Waals surface area contributed by atoms with E-state index < -0.39 is 27.2 Å². The van der Waals surface area contributed by atoms with Crippen molar-refractivity contribution in [3.8, 4) is 0 Å². The van der Waals surface area contributed by atoms with Gasteiger partial charge in [0.05, 0.1) is 4.92 Å². The Morgan fingerprint density at radius 1 is 1.35 bits per heavy atom. The summed E-state index contributed by atoms with van der Waals surface area (Å²) in [5.74, 6) is -0.971. The summed E-state index contributed by atoms with van der Waals surface area (Å²) >= 11 is 0. The predicted molar refractivity (Wildman–Crippen MR) is 51.0 cm³/mol. The number of nitro benzene ring substituents is 1.